The zero-order valence-corrected chi connectivity index (χ0v) is 18.2. The molecule has 1 aliphatic carbocycles. The van der Waals surface area contributed by atoms with E-state index >= 15 is 0 Å². The number of carbonyl (C=O) groups excluding carboxylic acids is 1. The van der Waals surface area contributed by atoms with Crippen LogP contribution in [0.1, 0.15) is 24.4 Å². The highest BCUT2D eigenvalue weighted by atomic mass is 16.5. The zero-order valence-electron chi connectivity index (χ0n) is 18.2. The smallest absolute Gasteiger partial charge is 0.246 e. The second kappa shape index (κ2) is 8.42. The fourth-order valence-electron chi connectivity index (χ4n) is 3.71. The molecule has 1 fully saturated rings. The number of nitrogens with one attached hydrogen (secondary N) is 1. The van der Waals surface area contributed by atoms with E-state index in [1.54, 1.807) is 26.4 Å². The Labute approximate surface area is 189 Å². The Morgan fingerprint density at radius 2 is 1.76 bits per heavy atom. The SMILES string of the molecule is COc1ccc(-c2cc(C3(C(=O)NCc4nc(-c5ccccc5)no4)CC3)no2)cc1OC. The van der Waals surface area contributed by atoms with Gasteiger partial charge in [0.1, 0.15) is 0 Å². The minimum Gasteiger partial charge on any atom is -0.493 e. The van der Waals surface area contributed by atoms with E-state index < -0.39 is 5.41 Å². The number of aromatic nitrogens is 3. The van der Waals surface area contributed by atoms with Gasteiger partial charge in [-0.1, -0.05) is 40.6 Å². The van der Waals surface area contributed by atoms with Gasteiger partial charge in [-0.05, 0) is 31.0 Å². The second-order valence-corrected chi connectivity index (χ2v) is 7.79. The van der Waals surface area contributed by atoms with Gasteiger partial charge in [-0.3, -0.25) is 4.79 Å². The van der Waals surface area contributed by atoms with Gasteiger partial charge in [0.05, 0.1) is 31.9 Å². The van der Waals surface area contributed by atoms with Gasteiger partial charge < -0.3 is 23.8 Å². The number of methoxy groups -OCH3 is 2. The van der Waals surface area contributed by atoms with Crippen molar-refractivity contribution < 1.29 is 23.3 Å². The van der Waals surface area contributed by atoms with Crippen molar-refractivity contribution in [2.75, 3.05) is 14.2 Å². The first-order chi connectivity index (χ1) is 16.1. The summed E-state index contributed by atoms with van der Waals surface area (Å²) in [6, 6.07) is 16.8. The van der Waals surface area contributed by atoms with Gasteiger partial charge in [0.25, 0.3) is 0 Å². The van der Waals surface area contributed by atoms with Gasteiger partial charge in [-0.2, -0.15) is 4.98 Å². The van der Waals surface area contributed by atoms with Crippen molar-refractivity contribution in [2.24, 2.45) is 0 Å². The molecule has 0 spiro atoms. The predicted molar refractivity (Wildman–Crippen MR) is 118 cm³/mol. The number of amides is 1. The Morgan fingerprint density at radius 1 is 0.970 bits per heavy atom. The molecule has 9 heteroatoms. The maximum Gasteiger partial charge on any atom is 0.246 e. The summed E-state index contributed by atoms with van der Waals surface area (Å²) in [5.41, 5.74) is 1.52. The monoisotopic (exact) mass is 446 g/mol. The lowest BCUT2D eigenvalue weighted by Crippen LogP contribution is -2.34. The van der Waals surface area contributed by atoms with Crippen LogP contribution in [0.5, 0.6) is 11.5 Å². The fourth-order valence-corrected chi connectivity index (χ4v) is 3.71. The van der Waals surface area contributed by atoms with Crippen LogP contribution in [-0.4, -0.2) is 35.4 Å². The van der Waals surface area contributed by atoms with Crippen molar-refractivity contribution in [3.05, 3.63) is 66.2 Å². The summed E-state index contributed by atoms with van der Waals surface area (Å²) in [5, 5.41) is 11.1. The lowest BCUT2D eigenvalue weighted by Gasteiger charge is -2.10. The normalized spacial score (nSPS) is 14.0. The van der Waals surface area contributed by atoms with Crippen molar-refractivity contribution in [3.63, 3.8) is 0 Å². The van der Waals surface area contributed by atoms with Crippen LogP contribution in [0, 0.1) is 0 Å². The number of rotatable bonds is 8. The number of hydrogen-bond donors (Lipinski definition) is 1. The van der Waals surface area contributed by atoms with Crippen LogP contribution in [0.2, 0.25) is 0 Å². The lowest BCUT2D eigenvalue weighted by atomic mass is 10.0. The van der Waals surface area contributed by atoms with Crippen molar-refractivity contribution in [2.45, 2.75) is 24.8 Å². The molecule has 0 bridgehead atoms. The number of carbonyl (C=O) groups is 1. The van der Waals surface area contributed by atoms with E-state index in [0.717, 1.165) is 11.1 Å². The van der Waals surface area contributed by atoms with Crippen LogP contribution < -0.4 is 14.8 Å². The topological polar surface area (TPSA) is 113 Å². The Hall–Kier alpha value is -4.14. The summed E-state index contributed by atoms with van der Waals surface area (Å²) in [6.45, 7) is 0.140. The van der Waals surface area contributed by atoms with E-state index in [0.29, 0.717) is 47.5 Å². The van der Waals surface area contributed by atoms with Crippen molar-refractivity contribution in [1.29, 1.82) is 0 Å². The van der Waals surface area contributed by atoms with Gasteiger partial charge in [-0.15, -0.1) is 0 Å². The molecule has 9 nitrogen and oxygen atoms in total. The Morgan fingerprint density at radius 3 is 2.48 bits per heavy atom. The average Bonchev–Trinajstić information content (AvgIpc) is 3.29. The van der Waals surface area contributed by atoms with Crippen LogP contribution in [-0.2, 0) is 16.8 Å². The highest BCUT2D eigenvalue weighted by Crippen LogP contribution is 2.48. The molecule has 33 heavy (non-hydrogen) atoms. The van der Waals surface area contributed by atoms with E-state index in [4.69, 9.17) is 18.5 Å². The second-order valence-electron chi connectivity index (χ2n) is 7.79. The molecule has 2 aromatic heterocycles. The Kier molecular flexibility index (Phi) is 5.29. The largest absolute Gasteiger partial charge is 0.493 e. The summed E-state index contributed by atoms with van der Waals surface area (Å²) in [4.78, 5) is 17.3. The van der Waals surface area contributed by atoms with Gasteiger partial charge in [0, 0.05) is 17.2 Å². The molecule has 1 amide bonds. The molecule has 0 atom stereocenters. The first-order valence-electron chi connectivity index (χ1n) is 10.5. The fraction of sp³-hybridized carbons (Fsp3) is 0.250. The number of benzene rings is 2. The summed E-state index contributed by atoms with van der Waals surface area (Å²) in [5.74, 6) is 2.43. The highest BCUT2D eigenvalue weighted by Gasteiger charge is 2.53. The number of nitrogens with zero attached hydrogens (tertiary/aromatic N) is 3. The number of hydrogen-bond acceptors (Lipinski definition) is 8. The summed E-state index contributed by atoms with van der Waals surface area (Å²) < 4.78 is 21.5. The van der Waals surface area contributed by atoms with Gasteiger partial charge in [0.15, 0.2) is 17.3 Å². The van der Waals surface area contributed by atoms with E-state index in [2.05, 4.69) is 20.6 Å². The summed E-state index contributed by atoms with van der Waals surface area (Å²) in [7, 11) is 3.15. The van der Waals surface area contributed by atoms with E-state index in [1.807, 2.05) is 42.5 Å². The molecule has 5 rings (SSSR count). The average molecular weight is 446 g/mol. The highest BCUT2D eigenvalue weighted by molar-refractivity contribution is 5.91. The van der Waals surface area contributed by atoms with Crippen molar-refractivity contribution >= 4 is 5.91 Å². The van der Waals surface area contributed by atoms with Crippen LogP contribution in [0.15, 0.2) is 63.6 Å². The molecule has 0 aliphatic heterocycles. The molecular weight excluding hydrogens is 424 g/mol. The number of ether oxygens (including phenoxy) is 2. The first kappa shape index (κ1) is 20.7. The standard InChI is InChI=1S/C24H22N4O5/c1-30-17-9-8-16(12-19(17)31-2)18-13-20(27-32-18)24(10-11-24)23(29)25-14-21-26-22(28-33-21)15-6-4-3-5-7-15/h3-9,12-13H,10-11,14H2,1-2H3,(H,25,29). The minimum atomic E-state index is -0.708. The lowest BCUT2D eigenvalue weighted by molar-refractivity contribution is -0.124. The third kappa shape index (κ3) is 3.93. The molecule has 2 heterocycles. The minimum absolute atomic E-state index is 0.140. The van der Waals surface area contributed by atoms with Crippen LogP contribution in [0.4, 0.5) is 0 Å². The molecule has 168 valence electrons. The third-order valence-corrected chi connectivity index (χ3v) is 5.75. The molecule has 4 aromatic rings. The predicted octanol–water partition coefficient (Wildman–Crippen LogP) is 3.76. The maximum atomic E-state index is 13.0. The first-order valence-corrected chi connectivity index (χ1v) is 10.5. The third-order valence-electron chi connectivity index (χ3n) is 5.75. The maximum absolute atomic E-state index is 13.0. The summed E-state index contributed by atoms with van der Waals surface area (Å²) in [6.07, 6.45) is 1.38. The van der Waals surface area contributed by atoms with Crippen LogP contribution in [0.3, 0.4) is 0 Å². The van der Waals surface area contributed by atoms with Crippen molar-refractivity contribution in [3.8, 4) is 34.2 Å². The molecule has 1 saturated carbocycles. The summed E-state index contributed by atoms with van der Waals surface area (Å²) >= 11 is 0. The van der Waals surface area contributed by atoms with Gasteiger partial charge in [0.2, 0.25) is 17.6 Å². The molecule has 0 unspecified atom stereocenters. The van der Waals surface area contributed by atoms with E-state index in [1.165, 1.54) is 0 Å². The Bertz CT molecular complexity index is 1280. The van der Waals surface area contributed by atoms with E-state index in [-0.39, 0.29) is 12.5 Å². The molecule has 1 N–H and O–H groups in total. The van der Waals surface area contributed by atoms with Crippen LogP contribution in [0.25, 0.3) is 22.7 Å². The molecule has 1 aliphatic rings. The molecule has 2 aromatic carbocycles. The zero-order chi connectivity index (χ0) is 22.8. The van der Waals surface area contributed by atoms with Gasteiger partial charge in [-0.25, -0.2) is 0 Å². The quantitative estimate of drug-likeness (QED) is 0.435. The molecule has 0 radical (unpaired) electrons. The van der Waals surface area contributed by atoms with Gasteiger partial charge >= 0.3 is 0 Å². The molecular formula is C24H22N4O5. The van der Waals surface area contributed by atoms with Crippen molar-refractivity contribution in [1.82, 2.24) is 20.6 Å². The molecule has 0 saturated heterocycles. The van der Waals surface area contributed by atoms with Crippen LogP contribution >= 0.6 is 0 Å². The van der Waals surface area contributed by atoms with E-state index in [9.17, 15) is 4.79 Å². The Balaban J connectivity index is 1.28.